The summed E-state index contributed by atoms with van der Waals surface area (Å²) >= 11 is 0. The van der Waals surface area contributed by atoms with Crippen LogP contribution >= 0.6 is 0 Å². The van der Waals surface area contributed by atoms with Crippen LogP contribution in [0.2, 0.25) is 0 Å². The number of rotatable bonds is 4. The van der Waals surface area contributed by atoms with E-state index in [9.17, 15) is 4.79 Å². The quantitative estimate of drug-likeness (QED) is 0.769. The van der Waals surface area contributed by atoms with Gasteiger partial charge in [0.2, 0.25) is 0 Å². The Morgan fingerprint density at radius 2 is 1.83 bits per heavy atom. The van der Waals surface area contributed by atoms with E-state index in [1.807, 2.05) is 0 Å². The van der Waals surface area contributed by atoms with Gasteiger partial charge in [0.25, 0.3) is 0 Å². The number of hydrogen-bond acceptors (Lipinski definition) is 5. The molecule has 1 aromatic heterocycles. The Hall–Kier alpha value is -2.43. The van der Waals surface area contributed by atoms with E-state index >= 15 is 0 Å². The third kappa shape index (κ3) is 2.29. The van der Waals surface area contributed by atoms with Crippen LogP contribution in [-0.4, -0.2) is 30.5 Å². The third-order valence-electron chi connectivity index (χ3n) is 2.51. The van der Waals surface area contributed by atoms with E-state index in [1.165, 1.54) is 7.11 Å². The van der Waals surface area contributed by atoms with Crippen LogP contribution in [0.25, 0.3) is 11.1 Å². The van der Waals surface area contributed by atoms with Gasteiger partial charge in [-0.3, -0.25) is 4.79 Å². The normalized spacial score (nSPS) is 9.89. The molecule has 1 heterocycles. The number of hydrogen-bond donors (Lipinski definition) is 0. The van der Waals surface area contributed by atoms with E-state index in [0.717, 1.165) is 17.4 Å². The largest absolute Gasteiger partial charge is 0.497 e. The number of carbonyl (C=O) groups excluding carboxylic acids is 1. The molecule has 0 saturated heterocycles. The van der Waals surface area contributed by atoms with E-state index in [4.69, 9.17) is 9.47 Å². The molecule has 0 aliphatic rings. The number of nitrogens with zero attached hydrogens (tertiary/aromatic N) is 2. The summed E-state index contributed by atoms with van der Waals surface area (Å²) in [4.78, 5) is 19.1. The van der Waals surface area contributed by atoms with Crippen molar-refractivity contribution < 1.29 is 14.3 Å². The molecule has 0 radical (unpaired) electrons. The standard InChI is InChI=1S/C13H12N2O3/c1-17-11-3-4-12(9(5-11)8-16)10-6-14-13(18-2)15-7-10/h3-8H,1-2H3. The number of benzene rings is 1. The number of aldehydes is 1. The first-order valence-corrected chi connectivity index (χ1v) is 5.28. The number of carbonyl (C=O) groups is 1. The number of methoxy groups -OCH3 is 2. The monoisotopic (exact) mass is 244 g/mol. The lowest BCUT2D eigenvalue weighted by Crippen LogP contribution is -1.94. The highest BCUT2D eigenvalue weighted by molar-refractivity contribution is 5.87. The fraction of sp³-hybridized carbons (Fsp3) is 0.154. The van der Waals surface area contributed by atoms with Gasteiger partial charge in [0.15, 0.2) is 6.29 Å². The van der Waals surface area contributed by atoms with Gasteiger partial charge in [0.1, 0.15) is 5.75 Å². The summed E-state index contributed by atoms with van der Waals surface area (Å²) in [6.07, 6.45) is 4.00. The molecular weight excluding hydrogens is 232 g/mol. The lowest BCUT2D eigenvalue weighted by atomic mass is 10.0. The van der Waals surface area contributed by atoms with E-state index in [0.29, 0.717) is 17.3 Å². The highest BCUT2D eigenvalue weighted by atomic mass is 16.5. The summed E-state index contributed by atoms with van der Waals surface area (Å²) in [6, 6.07) is 5.55. The van der Waals surface area contributed by atoms with Crippen LogP contribution in [0.4, 0.5) is 0 Å². The Morgan fingerprint density at radius 3 is 2.39 bits per heavy atom. The molecule has 5 heteroatoms. The van der Waals surface area contributed by atoms with Gasteiger partial charge >= 0.3 is 6.01 Å². The molecule has 0 aliphatic carbocycles. The molecule has 0 amide bonds. The van der Waals surface area contributed by atoms with Gasteiger partial charge in [-0.2, -0.15) is 0 Å². The van der Waals surface area contributed by atoms with Crippen molar-refractivity contribution >= 4 is 6.29 Å². The molecule has 5 nitrogen and oxygen atoms in total. The van der Waals surface area contributed by atoms with Crippen molar-refractivity contribution in [2.45, 2.75) is 0 Å². The molecule has 0 N–H and O–H groups in total. The van der Waals surface area contributed by atoms with Crippen molar-refractivity contribution in [1.29, 1.82) is 0 Å². The fourth-order valence-electron chi connectivity index (χ4n) is 1.59. The molecule has 0 unspecified atom stereocenters. The summed E-state index contributed by atoms with van der Waals surface area (Å²) in [6.45, 7) is 0. The summed E-state index contributed by atoms with van der Waals surface area (Å²) < 4.78 is 9.96. The molecule has 1 aromatic carbocycles. The zero-order valence-electron chi connectivity index (χ0n) is 10.1. The minimum absolute atomic E-state index is 0.292. The number of ether oxygens (including phenoxy) is 2. The Labute approximate surface area is 104 Å². The molecule has 2 rings (SSSR count). The molecule has 0 aliphatic heterocycles. The molecular formula is C13H12N2O3. The molecule has 2 aromatic rings. The molecule has 92 valence electrons. The van der Waals surface area contributed by atoms with E-state index < -0.39 is 0 Å². The summed E-state index contributed by atoms with van der Waals surface area (Å²) in [7, 11) is 3.05. The lowest BCUT2D eigenvalue weighted by Gasteiger charge is -2.07. The third-order valence-corrected chi connectivity index (χ3v) is 2.51. The van der Waals surface area contributed by atoms with E-state index in [-0.39, 0.29) is 0 Å². The van der Waals surface area contributed by atoms with Gasteiger partial charge in [-0.05, 0) is 23.8 Å². The second-order valence-electron chi connectivity index (χ2n) is 3.53. The topological polar surface area (TPSA) is 61.3 Å². The zero-order valence-corrected chi connectivity index (χ0v) is 10.1. The van der Waals surface area contributed by atoms with E-state index in [1.54, 1.807) is 37.7 Å². The first kappa shape index (κ1) is 12.0. The highest BCUT2D eigenvalue weighted by Gasteiger charge is 2.07. The molecule has 0 bridgehead atoms. The summed E-state index contributed by atoms with van der Waals surface area (Å²) in [5.41, 5.74) is 2.04. The second kappa shape index (κ2) is 5.27. The van der Waals surface area contributed by atoms with Crippen molar-refractivity contribution in [3.05, 3.63) is 36.2 Å². The van der Waals surface area contributed by atoms with Gasteiger partial charge in [-0.1, -0.05) is 0 Å². The Balaban J connectivity index is 2.45. The van der Waals surface area contributed by atoms with E-state index in [2.05, 4.69) is 9.97 Å². The van der Waals surface area contributed by atoms with Crippen LogP contribution in [0, 0.1) is 0 Å². The van der Waals surface area contributed by atoms with Crippen LogP contribution in [0.5, 0.6) is 11.8 Å². The average molecular weight is 244 g/mol. The van der Waals surface area contributed by atoms with Crippen molar-refractivity contribution in [1.82, 2.24) is 9.97 Å². The van der Waals surface area contributed by atoms with Crippen molar-refractivity contribution in [2.24, 2.45) is 0 Å². The average Bonchev–Trinajstić information content (AvgIpc) is 2.46. The maximum absolute atomic E-state index is 11.1. The Bertz CT molecular complexity index is 553. The van der Waals surface area contributed by atoms with Gasteiger partial charge < -0.3 is 9.47 Å². The smallest absolute Gasteiger partial charge is 0.316 e. The lowest BCUT2D eigenvalue weighted by molar-refractivity contribution is 0.112. The molecule has 0 atom stereocenters. The predicted molar refractivity (Wildman–Crippen MR) is 66.0 cm³/mol. The maximum atomic E-state index is 11.1. The van der Waals surface area contributed by atoms with Crippen LogP contribution in [0.3, 0.4) is 0 Å². The molecule has 18 heavy (non-hydrogen) atoms. The van der Waals surface area contributed by atoms with Crippen LogP contribution in [0.15, 0.2) is 30.6 Å². The van der Waals surface area contributed by atoms with Crippen LogP contribution in [-0.2, 0) is 0 Å². The molecule has 0 spiro atoms. The molecule has 0 saturated carbocycles. The predicted octanol–water partition coefficient (Wildman–Crippen LogP) is 1.97. The van der Waals surface area contributed by atoms with Crippen LogP contribution in [0.1, 0.15) is 10.4 Å². The van der Waals surface area contributed by atoms with Gasteiger partial charge in [0, 0.05) is 23.5 Å². The van der Waals surface area contributed by atoms with Crippen molar-refractivity contribution in [2.75, 3.05) is 14.2 Å². The SMILES string of the molecule is COc1ccc(-c2cnc(OC)nc2)c(C=O)c1. The minimum Gasteiger partial charge on any atom is -0.497 e. The summed E-state index contributed by atoms with van der Waals surface area (Å²) in [5.74, 6) is 0.635. The second-order valence-corrected chi connectivity index (χ2v) is 3.53. The summed E-state index contributed by atoms with van der Waals surface area (Å²) in [5, 5.41) is 0. The van der Waals surface area contributed by atoms with Crippen molar-refractivity contribution in [3.63, 3.8) is 0 Å². The Kier molecular flexibility index (Phi) is 3.52. The molecule has 0 fully saturated rings. The van der Waals surface area contributed by atoms with Gasteiger partial charge in [-0.25, -0.2) is 9.97 Å². The first-order valence-electron chi connectivity index (χ1n) is 5.28. The van der Waals surface area contributed by atoms with Crippen LogP contribution < -0.4 is 9.47 Å². The van der Waals surface area contributed by atoms with Gasteiger partial charge in [0.05, 0.1) is 14.2 Å². The number of aromatic nitrogens is 2. The highest BCUT2D eigenvalue weighted by Crippen LogP contribution is 2.25. The minimum atomic E-state index is 0.292. The zero-order chi connectivity index (χ0) is 13.0. The first-order chi connectivity index (χ1) is 8.78. The van der Waals surface area contributed by atoms with Crippen molar-refractivity contribution in [3.8, 4) is 22.9 Å². The maximum Gasteiger partial charge on any atom is 0.316 e. The fourth-order valence-corrected chi connectivity index (χ4v) is 1.59. The Morgan fingerprint density at radius 1 is 1.11 bits per heavy atom. The van der Waals surface area contributed by atoms with Gasteiger partial charge in [-0.15, -0.1) is 0 Å².